The highest BCUT2D eigenvalue weighted by atomic mass is 16.7. The van der Waals surface area contributed by atoms with E-state index in [1.165, 1.54) is 10.8 Å². The second-order valence-electron chi connectivity index (χ2n) is 9.76. The van der Waals surface area contributed by atoms with E-state index < -0.39 is 54.5 Å². The van der Waals surface area contributed by atoms with Crippen LogP contribution in [0.4, 0.5) is 5.82 Å². The van der Waals surface area contributed by atoms with Gasteiger partial charge in [-0.15, -0.1) is 0 Å². The van der Waals surface area contributed by atoms with Crippen molar-refractivity contribution in [2.24, 2.45) is 5.92 Å². The van der Waals surface area contributed by atoms with Gasteiger partial charge < -0.3 is 34.2 Å². The minimum Gasteiger partial charge on any atom is -0.464 e. The molecule has 15 nitrogen and oxygen atoms in total. The minimum absolute atomic E-state index is 0.00393. The van der Waals surface area contributed by atoms with E-state index in [2.05, 4.69) is 21.5 Å². The van der Waals surface area contributed by atoms with Gasteiger partial charge in [-0.2, -0.15) is 10.4 Å². The third kappa shape index (κ3) is 6.57. The summed E-state index contributed by atoms with van der Waals surface area (Å²) >= 11 is 0. The summed E-state index contributed by atoms with van der Waals surface area (Å²) in [7, 11) is 0. The number of nitrogens with zero attached hydrogens (tertiary/aromatic N) is 4. The van der Waals surface area contributed by atoms with Crippen LogP contribution in [0.1, 0.15) is 45.4 Å². The Morgan fingerprint density at radius 2 is 1.98 bits per heavy atom. The molecular formula is C26H34N6O9. The summed E-state index contributed by atoms with van der Waals surface area (Å²) in [5.74, 6) is -1.28. The molecule has 0 aromatic carbocycles. The Hall–Kier alpha value is -3.84. The Morgan fingerprint density at radius 1 is 1.24 bits per heavy atom. The number of hydrogen-bond donors (Lipinski definition) is 2. The number of hydrogen-bond acceptors (Lipinski definition) is 14. The highest BCUT2D eigenvalue weighted by molar-refractivity contribution is 5.75. The summed E-state index contributed by atoms with van der Waals surface area (Å²) in [6.07, 6.45) is -2.36. The van der Waals surface area contributed by atoms with Crippen LogP contribution >= 0.6 is 0 Å². The number of carbonyl (C=O) groups excluding carboxylic acids is 3. The highest BCUT2D eigenvalue weighted by Gasteiger charge is 2.61. The number of nitrogens with two attached hydrogens (primary N) is 1. The second kappa shape index (κ2) is 13.2. The van der Waals surface area contributed by atoms with E-state index in [4.69, 9.17) is 34.2 Å². The first kappa shape index (κ1) is 30.1. The second-order valence-corrected chi connectivity index (χ2v) is 9.76. The number of nitrogen functional groups attached to an aromatic ring is 1. The molecule has 0 bridgehead atoms. The van der Waals surface area contributed by atoms with E-state index in [0.29, 0.717) is 24.4 Å². The van der Waals surface area contributed by atoms with Crippen LogP contribution in [0.2, 0.25) is 0 Å². The molecule has 2 aliphatic rings. The Morgan fingerprint density at radius 3 is 2.63 bits per heavy atom. The fourth-order valence-corrected chi connectivity index (χ4v) is 4.36. The Bertz CT molecular complexity index is 1290. The molecule has 222 valence electrons. The van der Waals surface area contributed by atoms with Gasteiger partial charge in [0.1, 0.15) is 30.1 Å². The van der Waals surface area contributed by atoms with E-state index >= 15 is 0 Å². The lowest BCUT2D eigenvalue weighted by Crippen LogP contribution is -2.50. The fraction of sp³-hybridized carbons (Fsp3) is 0.615. The molecule has 2 aliphatic heterocycles. The molecule has 0 saturated carbocycles. The maximum Gasteiger partial charge on any atom is 0.322 e. The molecule has 0 spiro atoms. The number of esters is 3. The topological polar surface area (TPSA) is 199 Å². The van der Waals surface area contributed by atoms with Crippen molar-refractivity contribution in [2.75, 3.05) is 38.9 Å². The molecule has 0 unspecified atom stereocenters. The van der Waals surface area contributed by atoms with Gasteiger partial charge in [0, 0.05) is 18.8 Å². The summed E-state index contributed by atoms with van der Waals surface area (Å²) in [6, 6.07) is 4.68. The Kier molecular flexibility index (Phi) is 9.71. The van der Waals surface area contributed by atoms with Gasteiger partial charge in [0.2, 0.25) is 5.60 Å². The van der Waals surface area contributed by atoms with Crippen molar-refractivity contribution in [1.29, 1.82) is 5.26 Å². The average molecular weight is 575 g/mol. The van der Waals surface area contributed by atoms with Gasteiger partial charge in [-0.3, -0.25) is 19.7 Å². The van der Waals surface area contributed by atoms with Gasteiger partial charge in [-0.05, 0) is 19.1 Å². The number of carbonyl (C=O) groups is 3. The standard InChI is InChI=1S/C26H34N6O9/c1-4-19(33)39-22-21(17-6-7-18-24(28)29-13-31-32(17)18)41-26(11-27,23(22)40-20(34)5-2)12-37-14-30-15(3)25(35)38-10-16-8-36-9-16/h6-7,13,15-16,21-23,30H,4-5,8-10,12,14H2,1-3H3,(H2,28,29,31)/t15-,21-,22-,23-,26+/m0/s1. The summed E-state index contributed by atoms with van der Waals surface area (Å²) in [5.41, 5.74) is 4.96. The molecule has 2 saturated heterocycles. The number of rotatable bonds is 13. The van der Waals surface area contributed by atoms with Crippen LogP contribution in [0, 0.1) is 17.2 Å². The fourth-order valence-electron chi connectivity index (χ4n) is 4.36. The van der Waals surface area contributed by atoms with E-state index in [0.717, 1.165) is 0 Å². The minimum atomic E-state index is -1.88. The van der Waals surface area contributed by atoms with Gasteiger partial charge in [0.15, 0.2) is 18.0 Å². The quantitative estimate of drug-likeness (QED) is 0.144. The zero-order valence-corrected chi connectivity index (χ0v) is 23.1. The van der Waals surface area contributed by atoms with Crippen molar-refractivity contribution in [3.05, 3.63) is 24.2 Å². The van der Waals surface area contributed by atoms with Crippen molar-refractivity contribution >= 4 is 29.2 Å². The predicted molar refractivity (Wildman–Crippen MR) is 139 cm³/mol. The molecule has 41 heavy (non-hydrogen) atoms. The molecule has 4 rings (SSSR count). The number of nitriles is 1. The van der Waals surface area contributed by atoms with Crippen LogP contribution in [-0.4, -0.2) is 89.5 Å². The number of fused-ring (bicyclic) bond motifs is 1. The first-order valence-electron chi connectivity index (χ1n) is 13.3. The summed E-state index contributed by atoms with van der Waals surface area (Å²) < 4.78 is 35.1. The molecule has 2 aromatic rings. The average Bonchev–Trinajstić information content (AvgIpc) is 3.50. The van der Waals surface area contributed by atoms with E-state index in [1.807, 2.05) is 0 Å². The molecule has 0 radical (unpaired) electrons. The summed E-state index contributed by atoms with van der Waals surface area (Å²) in [4.78, 5) is 41.2. The molecule has 15 heteroatoms. The molecule has 3 N–H and O–H groups in total. The Balaban J connectivity index is 1.54. The largest absolute Gasteiger partial charge is 0.464 e. The van der Waals surface area contributed by atoms with Crippen molar-refractivity contribution in [3.63, 3.8) is 0 Å². The first-order chi connectivity index (χ1) is 19.7. The van der Waals surface area contributed by atoms with Gasteiger partial charge in [0.05, 0.1) is 38.9 Å². The SMILES string of the molecule is CCC(=O)O[C@H]1[C@H](c2ccc3c(N)ncnn23)O[C@](C#N)(COCN[C@@H](C)C(=O)OCC2COC2)[C@H]1OC(=O)CC. The third-order valence-electron chi connectivity index (χ3n) is 6.82. The maximum absolute atomic E-state index is 12.5. The van der Waals surface area contributed by atoms with E-state index in [-0.39, 0.29) is 37.9 Å². The Labute approximate surface area is 236 Å². The number of aromatic nitrogens is 3. The normalized spacial score (nSPS) is 24.8. The first-order valence-corrected chi connectivity index (χ1v) is 13.3. The number of nitrogens with one attached hydrogen (secondary N) is 1. The van der Waals surface area contributed by atoms with Crippen molar-refractivity contribution in [2.45, 2.75) is 63.6 Å². The lowest BCUT2D eigenvalue weighted by atomic mass is 9.95. The third-order valence-corrected chi connectivity index (χ3v) is 6.82. The molecular weight excluding hydrogens is 540 g/mol. The smallest absolute Gasteiger partial charge is 0.322 e. The number of anilines is 1. The van der Waals surface area contributed by atoms with Gasteiger partial charge in [-0.1, -0.05) is 13.8 Å². The summed E-state index contributed by atoms with van der Waals surface area (Å²) in [5, 5.41) is 17.5. The predicted octanol–water partition coefficient (Wildman–Crippen LogP) is 0.431. The van der Waals surface area contributed by atoms with Crippen molar-refractivity contribution < 1.29 is 42.8 Å². The van der Waals surface area contributed by atoms with Crippen LogP contribution in [0.5, 0.6) is 0 Å². The van der Waals surface area contributed by atoms with Gasteiger partial charge in [-0.25, -0.2) is 9.50 Å². The lowest BCUT2D eigenvalue weighted by molar-refractivity contribution is -0.170. The maximum atomic E-state index is 12.5. The zero-order valence-electron chi connectivity index (χ0n) is 23.1. The van der Waals surface area contributed by atoms with E-state index in [1.54, 1.807) is 32.9 Å². The molecule has 2 fully saturated rings. The summed E-state index contributed by atoms with van der Waals surface area (Å²) in [6.45, 7) is 5.66. The van der Waals surface area contributed by atoms with Gasteiger partial charge >= 0.3 is 17.9 Å². The van der Waals surface area contributed by atoms with Crippen LogP contribution in [0.15, 0.2) is 18.5 Å². The molecule has 0 amide bonds. The van der Waals surface area contributed by atoms with Crippen LogP contribution < -0.4 is 11.1 Å². The van der Waals surface area contributed by atoms with E-state index in [9.17, 15) is 19.6 Å². The zero-order chi connectivity index (χ0) is 29.6. The van der Waals surface area contributed by atoms with Crippen LogP contribution in [0.25, 0.3) is 5.52 Å². The molecule has 5 atom stereocenters. The van der Waals surface area contributed by atoms with Crippen molar-refractivity contribution in [3.8, 4) is 6.07 Å². The van der Waals surface area contributed by atoms with Crippen LogP contribution in [0.3, 0.4) is 0 Å². The molecule has 4 heterocycles. The molecule has 0 aliphatic carbocycles. The van der Waals surface area contributed by atoms with Crippen LogP contribution in [-0.2, 0) is 42.8 Å². The highest BCUT2D eigenvalue weighted by Crippen LogP contribution is 2.44. The lowest BCUT2D eigenvalue weighted by Gasteiger charge is -2.29. The number of ether oxygens (including phenoxy) is 6. The monoisotopic (exact) mass is 574 g/mol. The van der Waals surface area contributed by atoms with Gasteiger partial charge in [0.25, 0.3) is 0 Å². The van der Waals surface area contributed by atoms with Crippen molar-refractivity contribution in [1.82, 2.24) is 19.9 Å². The molecule has 2 aromatic heterocycles.